The smallest absolute Gasteiger partial charge is 0.240 e. The molecule has 1 aliphatic heterocycles. The van der Waals surface area contributed by atoms with Crippen LogP contribution in [-0.4, -0.2) is 40.6 Å². The summed E-state index contributed by atoms with van der Waals surface area (Å²) in [7, 11) is 0. The normalized spacial score (nSPS) is 19.2. The molecule has 1 aromatic rings. The number of carbonyl (C=O) groups excluding carboxylic acids is 1. The highest BCUT2D eigenvalue weighted by Gasteiger charge is 2.43. The molecule has 0 aromatic heterocycles. The fourth-order valence-corrected chi connectivity index (χ4v) is 2.23. The van der Waals surface area contributed by atoms with Gasteiger partial charge in [0.15, 0.2) is 0 Å². The average molecular weight is 248 g/mol. The molecule has 18 heavy (non-hydrogen) atoms. The van der Waals surface area contributed by atoms with E-state index >= 15 is 0 Å². The van der Waals surface area contributed by atoms with Crippen LogP contribution in [0.15, 0.2) is 30.3 Å². The van der Waals surface area contributed by atoms with E-state index in [2.05, 4.69) is 0 Å². The van der Waals surface area contributed by atoms with Gasteiger partial charge in [0.05, 0.1) is 24.7 Å². The number of carbonyl (C=O) groups is 1. The maximum absolute atomic E-state index is 12.0. The van der Waals surface area contributed by atoms with Crippen LogP contribution in [0.5, 0.6) is 0 Å². The van der Waals surface area contributed by atoms with Crippen LogP contribution in [0.25, 0.3) is 0 Å². The summed E-state index contributed by atoms with van der Waals surface area (Å²) >= 11 is 0. The Hall–Kier alpha value is -1.39. The Morgan fingerprint density at radius 2 is 2.06 bits per heavy atom. The van der Waals surface area contributed by atoms with E-state index in [4.69, 9.17) is 5.73 Å². The first-order valence-corrected chi connectivity index (χ1v) is 6.35. The molecule has 3 N–H and O–H groups in total. The van der Waals surface area contributed by atoms with Crippen molar-refractivity contribution >= 4 is 5.91 Å². The van der Waals surface area contributed by atoms with E-state index < -0.39 is 11.6 Å². The van der Waals surface area contributed by atoms with Crippen LogP contribution in [0.3, 0.4) is 0 Å². The standard InChI is InChI=1S/C14H20N2O2/c1-2-14(18)9-16(10-14)13(17)12(15)8-11-6-4-3-5-7-11/h3-7,12,18H,2,8-10,15H2,1H3. The van der Waals surface area contributed by atoms with Crippen molar-refractivity contribution in [2.45, 2.75) is 31.4 Å². The van der Waals surface area contributed by atoms with E-state index in [-0.39, 0.29) is 5.91 Å². The molecule has 0 spiro atoms. The van der Waals surface area contributed by atoms with Crippen molar-refractivity contribution < 1.29 is 9.90 Å². The fraction of sp³-hybridized carbons (Fsp3) is 0.500. The summed E-state index contributed by atoms with van der Waals surface area (Å²) in [6, 6.07) is 9.22. The van der Waals surface area contributed by atoms with Gasteiger partial charge in [-0.25, -0.2) is 0 Å². The summed E-state index contributed by atoms with van der Waals surface area (Å²) < 4.78 is 0. The SMILES string of the molecule is CCC1(O)CN(C(=O)C(N)Cc2ccccc2)C1. The lowest BCUT2D eigenvalue weighted by Gasteiger charge is -2.46. The second-order valence-electron chi connectivity index (χ2n) is 5.07. The third kappa shape index (κ3) is 2.71. The van der Waals surface area contributed by atoms with Gasteiger partial charge in [0.1, 0.15) is 0 Å². The van der Waals surface area contributed by atoms with Crippen LogP contribution in [-0.2, 0) is 11.2 Å². The number of hydrogen-bond acceptors (Lipinski definition) is 3. The predicted octanol–water partition coefficient (Wildman–Crippen LogP) is 0.540. The van der Waals surface area contributed by atoms with Gasteiger partial charge in [-0.2, -0.15) is 0 Å². The van der Waals surface area contributed by atoms with Gasteiger partial charge in [-0.3, -0.25) is 4.79 Å². The van der Waals surface area contributed by atoms with Crippen molar-refractivity contribution in [1.29, 1.82) is 0 Å². The van der Waals surface area contributed by atoms with Gasteiger partial charge in [0.25, 0.3) is 0 Å². The molecule has 1 fully saturated rings. The number of nitrogens with two attached hydrogens (primary N) is 1. The number of amides is 1. The highest BCUT2D eigenvalue weighted by Crippen LogP contribution is 2.24. The fourth-order valence-electron chi connectivity index (χ4n) is 2.23. The number of benzene rings is 1. The molecule has 1 aromatic carbocycles. The van der Waals surface area contributed by atoms with Crippen molar-refractivity contribution in [3.8, 4) is 0 Å². The Kier molecular flexibility index (Phi) is 3.68. The molecule has 0 aliphatic carbocycles. The summed E-state index contributed by atoms with van der Waals surface area (Å²) in [4.78, 5) is 13.7. The number of β-amino-alcohol motifs (C(OH)–C–C–N with tert-alkyl or cyclic N) is 1. The van der Waals surface area contributed by atoms with Gasteiger partial charge in [0, 0.05) is 0 Å². The molecule has 1 atom stereocenters. The zero-order valence-corrected chi connectivity index (χ0v) is 10.7. The number of hydrogen-bond donors (Lipinski definition) is 2. The molecule has 1 amide bonds. The highest BCUT2D eigenvalue weighted by atomic mass is 16.3. The van der Waals surface area contributed by atoms with E-state index in [1.807, 2.05) is 37.3 Å². The summed E-state index contributed by atoms with van der Waals surface area (Å²) in [5, 5.41) is 9.87. The molecule has 2 rings (SSSR count). The topological polar surface area (TPSA) is 66.6 Å². The van der Waals surface area contributed by atoms with E-state index in [1.165, 1.54) is 0 Å². The minimum absolute atomic E-state index is 0.0722. The van der Waals surface area contributed by atoms with Crippen LogP contribution in [0.1, 0.15) is 18.9 Å². The zero-order valence-electron chi connectivity index (χ0n) is 10.7. The summed E-state index contributed by atoms with van der Waals surface area (Å²) in [6.07, 6.45) is 1.21. The first-order valence-electron chi connectivity index (χ1n) is 6.35. The van der Waals surface area contributed by atoms with Gasteiger partial charge in [-0.05, 0) is 18.4 Å². The number of nitrogens with zero attached hydrogens (tertiary/aromatic N) is 1. The molecule has 98 valence electrons. The van der Waals surface area contributed by atoms with Crippen LogP contribution >= 0.6 is 0 Å². The van der Waals surface area contributed by atoms with Crippen LogP contribution in [0, 0.1) is 0 Å². The molecule has 4 nitrogen and oxygen atoms in total. The van der Waals surface area contributed by atoms with Crippen molar-refractivity contribution in [3.63, 3.8) is 0 Å². The maximum atomic E-state index is 12.0. The minimum atomic E-state index is -0.692. The van der Waals surface area contributed by atoms with Gasteiger partial charge >= 0.3 is 0 Å². The number of aliphatic hydroxyl groups is 1. The molecule has 0 bridgehead atoms. The summed E-state index contributed by atoms with van der Waals surface area (Å²) in [5.74, 6) is -0.0722. The van der Waals surface area contributed by atoms with Crippen molar-refractivity contribution in [3.05, 3.63) is 35.9 Å². The van der Waals surface area contributed by atoms with Crippen molar-refractivity contribution in [1.82, 2.24) is 4.90 Å². The summed E-state index contributed by atoms with van der Waals surface area (Å²) in [5.41, 5.74) is 6.28. The monoisotopic (exact) mass is 248 g/mol. The Morgan fingerprint density at radius 1 is 1.44 bits per heavy atom. The first-order chi connectivity index (χ1) is 8.54. The quantitative estimate of drug-likeness (QED) is 0.817. The molecule has 1 aliphatic rings. The molecule has 0 saturated carbocycles. The molecule has 1 saturated heterocycles. The van der Waals surface area contributed by atoms with E-state index in [0.29, 0.717) is 25.9 Å². The lowest BCUT2D eigenvalue weighted by atomic mass is 9.90. The molecule has 4 heteroatoms. The van der Waals surface area contributed by atoms with Crippen molar-refractivity contribution in [2.24, 2.45) is 5.73 Å². The highest BCUT2D eigenvalue weighted by molar-refractivity contribution is 5.83. The third-order valence-corrected chi connectivity index (χ3v) is 3.56. The molecular weight excluding hydrogens is 228 g/mol. The van der Waals surface area contributed by atoms with Crippen LogP contribution in [0.2, 0.25) is 0 Å². The van der Waals surface area contributed by atoms with Gasteiger partial charge in [-0.1, -0.05) is 37.3 Å². The molecule has 1 unspecified atom stereocenters. The van der Waals surface area contributed by atoms with E-state index in [0.717, 1.165) is 5.56 Å². The first kappa shape index (κ1) is 13.1. The molecule has 0 radical (unpaired) electrons. The Labute approximate surface area is 107 Å². The molecule has 1 heterocycles. The molecular formula is C14H20N2O2. The zero-order chi connectivity index (χ0) is 13.2. The second kappa shape index (κ2) is 5.08. The van der Waals surface area contributed by atoms with E-state index in [9.17, 15) is 9.90 Å². The van der Waals surface area contributed by atoms with Crippen molar-refractivity contribution in [2.75, 3.05) is 13.1 Å². The maximum Gasteiger partial charge on any atom is 0.240 e. The lowest BCUT2D eigenvalue weighted by Crippen LogP contribution is -2.65. The largest absolute Gasteiger partial charge is 0.386 e. The number of likely N-dealkylation sites (tertiary alicyclic amines) is 1. The minimum Gasteiger partial charge on any atom is -0.386 e. The lowest BCUT2D eigenvalue weighted by molar-refractivity contribution is -0.157. The van der Waals surface area contributed by atoms with Crippen LogP contribution in [0.4, 0.5) is 0 Å². The number of rotatable bonds is 4. The Balaban J connectivity index is 1.87. The van der Waals surface area contributed by atoms with Gasteiger partial charge in [-0.15, -0.1) is 0 Å². The second-order valence-corrected chi connectivity index (χ2v) is 5.07. The van der Waals surface area contributed by atoms with E-state index in [1.54, 1.807) is 4.90 Å². The summed E-state index contributed by atoms with van der Waals surface area (Å²) in [6.45, 7) is 2.74. The third-order valence-electron chi connectivity index (χ3n) is 3.56. The van der Waals surface area contributed by atoms with Crippen LogP contribution < -0.4 is 5.73 Å². The van der Waals surface area contributed by atoms with Gasteiger partial charge < -0.3 is 15.7 Å². The predicted molar refractivity (Wildman–Crippen MR) is 69.9 cm³/mol. The Morgan fingerprint density at radius 3 is 2.61 bits per heavy atom. The van der Waals surface area contributed by atoms with Gasteiger partial charge in [0.2, 0.25) is 5.91 Å². The average Bonchev–Trinajstić information content (AvgIpc) is 2.35. The Bertz CT molecular complexity index is 413.